The van der Waals surface area contributed by atoms with Gasteiger partial charge in [-0.25, -0.2) is 0 Å². The average Bonchev–Trinajstić information content (AvgIpc) is 2.85. The molecule has 0 amide bonds. The van der Waals surface area contributed by atoms with E-state index < -0.39 is 43.4 Å². The van der Waals surface area contributed by atoms with E-state index in [4.69, 9.17) is 18.9 Å². The lowest BCUT2D eigenvalue weighted by Crippen LogP contribution is -2.60. The fraction of sp³-hybridized carbons (Fsp3) is 0.500. The van der Waals surface area contributed by atoms with Crippen LogP contribution in [-0.4, -0.2) is 81.7 Å². The van der Waals surface area contributed by atoms with Gasteiger partial charge in [0.1, 0.15) is 53.5 Å². The summed E-state index contributed by atoms with van der Waals surface area (Å²) in [5.74, 6) is 1.29. The number of phenols is 1. The van der Waals surface area contributed by atoms with E-state index in [0.717, 1.165) is 5.56 Å². The molecule has 10 nitrogen and oxygen atoms in total. The summed E-state index contributed by atoms with van der Waals surface area (Å²) in [6.45, 7) is -0.721. The molecular weight excluding hydrogens is 448 g/mol. The first-order chi connectivity index (χ1) is 16.4. The zero-order chi connectivity index (χ0) is 24.4. The number of rotatable bonds is 7. The van der Waals surface area contributed by atoms with Gasteiger partial charge in [-0.05, 0) is 36.6 Å². The molecule has 6 atom stereocenters. The lowest BCUT2D eigenvalue weighted by atomic mass is 9.94. The number of hydrogen-bond acceptors (Lipinski definition) is 10. The number of aryl methyl sites for hydroxylation is 1. The summed E-state index contributed by atoms with van der Waals surface area (Å²) in [4.78, 5) is 0. The maximum atomic E-state index is 10.4. The normalized spacial score (nSPS) is 28.6. The quantitative estimate of drug-likeness (QED) is 0.324. The molecule has 0 bridgehead atoms. The van der Waals surface area contributed by atoms with Crippen LogP contribution in [-0.2, 0) is 17.6 Å². The summed E-state index contributed by atoms with van der Waals surface area (Å²) >= 11 is 0. The van der Waals surface area contributed by atoms with E-state index in [0.29, 0.717) is 35.5 Å². The van der Waals surface area contributed by atoms with Gasteiger partial charge in [-0.3, -0.25) is 0 Å². The third-order valence-corrected chi connectivity index (χ3v) is 6.27. The Kier molecular flexibility index (Phi) is 7.46. The van der Waals surface area contributed by atoms with E-state index in [1.165, 1.54) is 7.11 Å². The van der Waals surface area contributed by atoms with E-state index >= 15 is 0 Å². The highest BCUT2D eigenvalue weighted by atomic mass is 16.7. The molecule has 6 unspecified atom stereocenters. The van der Waals surface area contributed by atoms with Gasteiger partial charge in [0.15, 0.2) is 0 Å². The molecule has 2 aromatic rings. The topological polar surface area (TPSA) is 158 Å². The molecule has 6 N–H and O–H groups in total. The number of phenolic OH excluding ortho intramolecular Hbond substituents is 1. The predicted molar refractivity (Wildman–Crippen MR) is 118 cm³/mol. The van der Waals surface area contributed by atoms with Crippen molar-refractivity contribution in [2.75, 3.05) is 20.3 Å². The first-order valence-corrected chi connectivity index (χ1v) is 11.1. The maximum absolute atomic E-state index is 10.4. The molecule has 0 radical (unpaired) electrons. The summed E-state index contributed by atoms with van der Waals surface area (Å²) < 4.78 is 23.0. The fourth-order valence-electron chi connectivity index (χ4n) is 4.37. The molecule has 0 saturated carbocycles. The molecule has 4 rings (SSSR count). The highest BCUT2D eigenvalue weighted by Gasteiger charge is 2.45. The molecule has 0 aromatic heterocycles. The Morgan fingerprint density at radius 2 is 1.82 bits per heavy atom. The predicted octanol–water partition coefficient (Wildman–Crippen LogP) is 0.181. The third-order valence-electron chi connectivity index (χ3n) is 6.27. The minimum Gasteiger partial charge on any atom is -0.508 e. The second-order valence-electron chi connectivity index (χ2n) is 8.39. The maximum Gasteiger partial charge on any atom is 0.229 e. The number of hydrogen-bond donors (Lipinski definition) is 6. The van der Waals surface area contributed by atoms with Gasteiger partial charge >= 0.3 is 0 Å². The lowest BCUT2D eigenvalue weighted by Gasteiger charge is -2.40. The van der Waals surface area contributed by atoms with Crippen molar-refractivity contribution in [1.29, 1.82) is 0 Å². The monoisotopic (exact) mass is 478 g/mol. The summed E-state index contributed by atoms with van der Waals surface area (Å²) in [6.07, 6.45) is -6.13. The van der Waals surface area contributed by atoms with Crippen molar-refractivity contribution >= 4 is 0 Å². The number of aliphatic hydroxyl groups excluding tert-OH is 5. The highest BCUT2D eigenvalue weighted by molar-refractivity contribution is 5.52. The summed E-state index contributed by atoms with van der Waals surface area (Å²) in [6, 6.07) is 8.45. The highest BCUT2D eigenvalue weighted by Crippen LogP contribution is 2.44. The van der Waals surface area contributed by atoms with Gasteiger partial charge in [0.05, 0.1) is 13.7 Å². The van der Waals surface area contributed by atoms with Crippen molar-refractivity contribution in [2.24, 2.45) is 0 Å². The molecular formula is C24H30O10. The smallest absolute Gasteiger partial charge is 0.229 e. The Morgan fingerprint density at radius 1 is 1.03 bits per heavy atom. The number of aromatic hydroxyl groups is 1. The van der Waals surface area contributed by atoms with E-state index in [1.807, 2.05) is 0 Å². The first kappa shape index (κ1) is 24.5. The van der Waals surface area contributed by atoms with E-state index in [9.17, 15) is 30.6 Å². The van der Waals surface area contributed by atoms with Crippen LogP contribution in [0.5, 0.6) is 23.0 Å². The number of benzene rings is 2. The van der Waals surface area contributed by atoms with Crippen LogP contribution in [0, 0.1) is 0 Å². The summed E-state index contributed by atoms with van der Waals surface area (Å²) in [5, 5.41) is 59.7. The average molecular weight is 478 g/mol. The molecule has 0 aliphatic carbocycles. The van der Waals surface area contributed by atoms with Crippen molar-refractivity contribution in [1.82, 2.24) is 0 Å². The molecule has 2 aliphatic heterocycles. The Labute approximate surface area is 196 Å². The molecule has 0 spiro atoms. The second-order valence-corrected chi connectivity index (χ2v) is 8.39. The standard InChI is InChI=1S/C24H30O10/c1-31-13-4-5-15(17-7-3-12-2-6-16(27)14(8-9-25)23(12)32-17)18(10-13)33-24-22(30)21(29)20(28)19(11-26)34-24/h2,4-6,10,17,19-22,24-30H,3,7-9,11H2,1H3. The zero-order valence-corrected chi connectivity index (χ0v) is 18.7. The van der Waals surface area contributed by atoms with Gasteiger partial charge in [0.25, 0.3) is 0 Å². The summed E-state index contributed by atoms with van der Waals surface area (Å²) in [7, 11) is 1.49. The fourth-order valence-corrected chi connectivity index (χ4v) is 4.37. The van der Waals surface area contributed by atoms with Crippen LogP contribution in [0.2, 0.25) is 0 Å². The van der Waals surface area contributed by atoms with Gasteiger partial charge in [-0.2, -0.15) is 0 Å². The minimum absolute atomic E-state index is 0.0426. The molecule has 2 aliphatic rings. The van der Waals surface area contributed by atoms with E-state index in [2.05, 4.69) is 0 Å². The molecule has 1 fully saturated rings. The van der Waals surface area contributed by atoms with Crippen LogP contribution >= 0.6 is 0 Å². The Balaban J connectivity index is 1.65. The van der Waals surface area contributed by atoms with Crippen molar-refractivity contribution in [3.8, 4) is 23.0 Å². The molecule has 34 heavy (non-hydrogen) atoms. The van der Waals surface area contributed by atoms with Gasteiger partial charge in [0, 0.05) is 30.2 Å². The minimum atomic E-state index is -1.58. The first-order valence-electron chi connectivity index (χ1n) is 11.1. The van der Waals surface area contributed by atoms with Crippen LogP contribution in [0.1, 0.15) is 29.2 Å². The zero-order valence-electron chi connectivity index (χ0n) is 18.7. The molecule has 10 heteroatoms. The molecule has 186 valence electrons. The van der Waals surface area contributed by atoms with Crippen LogP contribution in [0.25, 0.3) is 0 Å². The third kappa shape index (κ3) is 4.65. The van der Waals surface area contributed by atoms with Crippen molar-refractivity contribution in [2.45, 2.75) is 56.1 Å². The Hall–Kier alpha value is -2.60. The lowest BCUT2D eigenvalue weighted by molar-refractivity contribution is -0.277. The van der Waals surface area contributed by atoms with E-state index in [1.54, 1.807) is 30.3 Å². The van der Waals surface area contributed by atoms with Crippen LogP contribution in [0.4, 0.5) is 0 Å². The van der Waals surface area contributed by atoms with Gasteiger partial charge < -0.3 is 49.6 Å². The number of aliphatic hydroxyl groups is 5. The number of methoxy groups -OCH3 is 1. The van der Waals surface area contributed by atoms with Crippen LogP contribution in [0.3, 0.4) is 0 Å². The van der Waals surface area contributed by atoms with Crippen molar-refractivity contribution < 1.29 is 49.6 Å². The Bertz CT molecular complexity index is 994. The molecule has 2 heterocycles. The van der Waals surface area contributed by atoms with Gasteiger partial charge in [-0.15, -0.1) is 0 Å². The second kappa shape index (κ2) is 10.3. The van der Waals surface area contributed by atoms with Crippen molar-refractivity contribution in [3.63, 3.8) is 0 Å². The summed E-state index contributed by atoms with van der Waals surface area (Å²) in [5.41, 5.74) is 2.05. The molecule has 2 aromatic carbocycles. The largest absolute Gasteiger partial charge is 0.508 e. The Morgan fingerprint density at radius 3 is 2.53 bits per heavy atom. The number of ether oxygens (including phenoxy) is 4. The number of fused-ring (bicyclic) bond motifs is 1. The SMILES string of the molecule is COc1ccc(C2CCc3ccc(O)c(CCO)c3O2)c(OC2OC(CO)C(O)C(O)C2O)c1. The van der Waals surface area contributed by atoms with Crippen LogP contribution < -0.4 is 14.2 Å². The molecule has 1 saturated heterocycles. The van der Waals surface area contributed by atoms with Crippen molar-refractivity contribution in [3.05, 3.63) is 47.0 Å². The van der Waals surface area contributed by atoms with Gasteiger partial charge in [0.2, 0.25) is 6.29 Å². The van der Waals surface area contributed by atoms with Gasteiger partial charge in [-0.1, -0.05) is 6.07 Å². The van der Waals surface area contributed by atoms with Crippen LogP contribution in [0.15, 0.2) is 30.3 Å². The van der Waals surface area contributed by atoms with E-state index in [-0.39, 0.29) is 24.5 Å².